The van der Waals surface area contributed by atoms with Crippen LogP contribution in [-0.2, 0) is 11.3 Å². The minimum atomic E-state index is 0.563. The zero-order chi connectivity index (χ0) is 9.84. The Morgan fingerprint density at radius 3 is 2.54 bits per heavy atom. The van der Waals surface area contributed by atoms with Gasteiger partial charge in [-0.2, -0.15) is 0 Å². The van der Waals surface area contributed by atoms with Gasteiger partial charge in [0.2, 0.25) is 0 Å². The summed E-state index contributed by atoms with van der Waals surface area (Å²) in [6.45, 7) is 2.54. The predicted molar refractivity (Wildman–Crippen MR) is 52.9 cm³/mol. The Morgan fingerprint density at radius 2 is 2.00 bits per heavy atom. The van der Waals surface area contributed by atoms with Gasteiger partial charge in [0.25, 0.3) is 0 Å². The molecule has 3 heteroatoms. The van der Waals surface area contributed by atoms with Gasteiger partial charge in [-0.05, 0) is 24.1 Å². The van der Waals surface area contributed by atoms with Crippen LogP contribution in [-0.4, -0.2) is 14.2 Å². The van der Waals surface area contributed by atoms with Crippen LogP contribution in [0.3, 0.4) is 0 Å². The van der Waals surface area contributed by atoms with E-state index in [0.29, 0.717) is 6.61 Å². The monoisotopic (exact) mass is 181 g/mol. The summed E-state index contributed by atoms with van der Waals surface area (Å²) in [5.74, 6) is 0.773. The van der Waals surface area contributed by atoms with E-state index in [9.17, 15) is 0 Å². The molecular weight excluding hydrogens is 166 g/mol. The van der Waals surface area contributed by atoms with Gasteiger partial charge in [0.1, 0.15) is 5.75 Å². The Morgan fingerprint density at radius 1 is 1.31 bits per heavy atom. The summed E-state index contributed by atoms with van der Waals surface area (Å²) in [6.07, 6.45) is 0. The Balaban J connectivity index is 3.09. The normalized spacial score (nSPS) is 10.1. The number of rotatable bonds is 3. The molecule has 0 atom stereocenters. The van der Waals surface area contributed by atoms with E-state index in [0.717, 1.165) is 22.6 Å². The lowest BCUT2D eigenvalue weighted by atomic mass is 10.1. The highest BCUT2D eigenvalue weighted by Crippen LogP contribution is 2.24. The molecule has 0 fully saturated rings. The van der Waals surface area contributed by atoms with E-state index in [1.54, 1.807) is 14.2 Å². The van der Waals surface area contributed by atoms with Crippen LogP contribution in [0.2, 0.25) is 0 Å². The molecule has 0 amide bonds. The summed E-state index contributed by atoms with van der Waals surface area (Å²) in [5.41, 5.74) is 8.66. The van der Waals surface area contributed by atoms with Gasteiger partial charge in [-0.15, -0.1) is 0 Å². The third kappa shape index (κ3) is 2.12. The molecule has 3 nitrogen and oxygen atoms in total. The molecule has 1 rings (SSSR count). The SMILES string of the molecule is COCc1cc(OC)cc(N)c1C. The Bertz CT molecular complexity index is 297. The van der Waals surface area contributed by atoms with Crippen LogP contribution in [0.5, 0.6) is 5.75 Å². The van der Waals surface area contributed by atoms with Crippen LogP contribution in [0.15, 0.2) is 12.1 Å². The molecule has 13 heavy (non-hydrogen) atoms. The number of ether oxygens (including phenoxy) is 2. The Kier molecular flexibility index (Phi) is 3.14. The van der Waals surface area contributed by atoms with Gasteiger partial charge in [0, 0.05) is 18.9 Å². The average Bonchev–Trinajstić information content (AvgIpc) is 2.13. The third-order valence-corrected chi connectivity index (χ3v) is 2.06. The molecule has 0 unspecified atom stereocenters. The highest BCUT2D eigenvalue weighted by Gasteiger charge is 2.04. The molecule has 0 saturated heterocycles. The van der Waals surface area contributed by atoms with E-state index in [-0.39, 0.29) is 0 Å². The summed E-state index contributed by atoms with van der Waals surface area (Å²) in [4.78, 5) is 0. The molecule has 0 aliphatic heterocycles. The van der Waals surface area contributed by atoms with Crippen molar-refractivity contribution < 1.29 is 9.47 Å². The maximum Gasteiger partial charge on any atom is 0.121 e. The first-order chi connectivity index (χ1) is 6.19. The standard InChI is InChI=1S/C10H15NO2/c1-7-8(6-12-2)4-9(13-3)5-10(7)11/h4-5H,6,11H2,1-3H3. The van der Waals surface area contributed by atoms with E-state index in [1.165, 1.54) is 0 Å². The first-order valence-electron chi connectivity index (χ1n) is 4.11. The molecule has 0 bridgehead atoms. The van der Waals surface area contributed by atoms with Crippen molar-refractivity contribution in [3.8, 4) is 5.75 Å². The minimum Gasteiger partial charge on any atom is -0.497 e. The highest BCUT2D eigenvalue weighted by molar-refractivity contribution is 5.54. The highest BCUT2D eigenvalue weighted by atomic mass is 16.5. The van der Waals surface area contributed by atoms with Crippen molar-refractivity contribution in [3.05, 3.63) is 23.3 Å². The van der Waals surface area contributed by atoms with Crippen molar-refractivity contribution in [1.82, 2.24) is 0 Å². The van der Waals surface area contributed by atoms with Crippen molar-refractivity contribution in [2.45, 2.75) is 13.5 Å². The molecular formula is C10H15NO2. The fourth-order valence-electron chi connectivity index (χ4n) is 1.19. The molecule has 0 radical (unpaired) electrons. The average molecular weight is 181 g/mol. The van der Waals surface area contributed by atoms with Gasteiger partial charge in [0.15, 0.2) is 0 Å². The van der Waals surface area contributed by atoms with E-state index < -0.39 is 0 Å². The Labute approximate surface area is 78.5 Å². The van der Waals surface area contributed by atoms with Gasteiger partial charge in [-0.25, -0.2) is 0 Å². The van der Waals surface area contributed by atoms with Gasteiger partial charge in [0.05, 0.1) is 13.7 Å². The van der Waals surface area contributed by atoms with Crippen molar-refractivity contribution in [2.75, 3.05) is 20.0 Å². The molecule has 1 aromatic carbocycles. The summed E-state index contributed by atoms with van der Waals surface area (Å²) >= 11 is 0. The number of methoxy groups -OCH3 is 2. The summed E-state index contributed by atoms with van der Waals surface area (Å²) in [6, 6.07) is 3.75. The third-order valence-electron chi connectivity index (χ3n) is 2.06. The lowest BCUT2D eigenvalue weighted by Gasteiger charge is -2.10. The minimum absolute atomic E-state index is 0.563. The second-order valence-corrected chi connectivity index (χ2v) is 2.93. The first-order valence-corrected chi connectivity index (χ1v) is 4.11. The van der Waals surface area contributed by atoms with Crippen molar-refractivity contribution in [1.29, 1.82) is 0 Å². The smallest absolute Gasteiger partial charge is 0.121 e. The zero-order valence-corrected chi connectivity index (χ0v) is 8.26. The lowest BCUT2D eigenvalue weighted by Crippen LogP contribution is -1.98. The second-order valence-electron chi connectivity index (χ2n) is 2.93. The molecule has 0 aliphatic rings. The van der Waals surface area contributed by atoms with Crippen LogP contribution in [0.25, 0.3) is 0 Å². The Hall–Kier alpha value is -1.22. The van der Waals surface area contributed by atoms with E-state index in [4.69, 9.17) is 15.2 Å². The van der Waals surface area contributed by atoms with E-state index >= 15 is 0 Å². The predicted octanol–water partition coefficient (Wildman–Crippen LogP) is 1.73. The largest absolute Gasteiger partial charge is 0.497 e. The molecule has 2 N–H and O–H groups in total. The van der Waals surface area contributed by atoms with E-state index in [1.807, 2.05) is 19.1 Å². The fraction of sp³-hybridized carbons (Fsp3) is 0.400. The maximum atomic E-state index is 5.79. The van der Waals surface area contributed by atoms with Gasteiger partial charge < -0.3 is 15.2 Å². The number of hydrogen-bond donors (Lipinski definition) is 1. The molecule has 0 aromatic heterocycles. The number of anilines is 1. The number of nitrogens with two attached hydrogens (primary N) is 1. The molecule has 0 heterocycles. The summed E-state index contributed by atoms with van der Waals surface area (Å²) in [7, 11) is 3.29. The quantitative estimate of drug-likeness (QED) is 0.722. The molecule has 72 valence electrons. The first kappa shape index (κ1) is 9.86. The fourth-order valence-corrected chi connectivity index (χ4v) is 1.19. The number of nitrogen functional groups attached to an aromatic ring is 1. The zero-order valence-electron chi connectivity index (χ0n) is 8.26. The summed E-state index contributed by atoms with van der Waals surface area (Å²) in [5, 5.41) is 0. The van der Waals surface area contributed by atoms with Gasteiger partial charge in [-0.1, -0.05) is 0 Å². The molecule has 0 spiro atoms. The van der Waals surface area contributed by atoms with Gasteiger partial charge >= 0.3 is 0 Å². The number of benzene rings is 1. The van der Waals surface area contributed by atoms with E-state index in [2.05, 4.69) is 0 Å². The van der Waals surface area contributed by atoms with Crippen LogP contribution in [0, 0.1) is 6.92 Å². The summed E-state index contributed by atoms with van der Waals surface area (Å²) < 4.78 is 10.2. The van der Waals surface area contributed by atoms with Crippen molar-refractivity contribution >= 4 is 5.69 Å². The van der Waals surface area contributed by atoms with Crippen LogP contribution in [0.1, 0.15) is 11.1 Å². The van der Waals surface area contributed by atoms with Crippen LogP contribution < -0.4 is 10.5 Å². The van der Waals surface area contributed by atoms with Gasteiger partial charge in [-0.3, -0.25) is 0 Å². The molecule has 0 saturated carbocycles. The maximum absolute atomic E-state index is 5.79. The van der Waals surface area contributed by atoms with Crippen LogP contribution in [0.4, 0.5) is 5.69 Å². The van der Waals surface area contributed by atoms with Crippen molar-refractivity contribution in [2.24, 2.45) is 0 Å². The van der Waals surface area contributed by atoms with Crippen LogP contribution >= 0.6 is 0 Å². The number of hydrogen-bond acceptors (Lipinski definition) is 3. The lowest BCUT2D eigenvalue weighted by molar-refractivity contribution is 0.184. The second kappa shape index (κ2) is 4.14. The molecule has 1 aromatic rings. The molecule has 0 aliphatic carbocycles. The topological polar surface area (TPSA) is 44.5 Å². The van der Waals surface area contributed by atoms with Crippen molar-refractivity contribution in [3.63, 3.8) is 0 Å².